The Kier molecular flexibility index (Phi) is 8.22. The second kappa shape index (κ2) is 10.6. The van der Waals surface area contributed by atoms with E-state index in [2.05, 4.69) is 9.68 Å². The molecule has 0 aliphatic heterocycles. The molecule has 27 heavy (non-hydrogen) atoms. The molecular formula is C19H20N2O4S2. The molecule has 0 aromatic heterocycles. The van der Waals surface area contributed by atoms with Crippen LogP contribution in [0.4, 0.5) is 0 Å². The molecule has 0 radical (unpaired) electrons. The number of hydrogen-bond acceptors (Lipinski definition) is 5. The van der Waals surface area contributed by atoms with Crippen LogP contribution in [0.5, 0.6) is 0 Å². The second-order valence-electron chi connectivity index (χ2n) is 5.75. The number of carboxylic acid groups (broad SMARTS) is 1. The molecule has 0 bridgehead atoms. The SMILES string of the molecule is CSCCC(NC(=O)c1ccc(CN=S=O)cc1-c1ccccc1)C(=O)O. The Labute approximate surface area is 165 Å². The molecule has 142 valence electrons. The van der Waals surface area contributed by atoms with E-state index in [0.29, 0.717) is 23.3 Å². The Morgan fingerprint density at radius 3 is 2.56 bits per heavy atom. The highest BCUT2D eigenvalue weighted by Crippen LogP contribution is 2.25. The average molecular weight is 405 g/mol. The predicted molar refractivity (Wildman–Crippen MR) is 108 cm³/mol. The number of carbonyl (C=O) groups is 2. The van der Waals surface area contributed by atoms with Crippen LogP contribution in [0, 0.1) is 0 Å². The van der Waals surface area contributed by atoms with Gasteiger partial charge in [0.25, 0.3) is 5.91 Å². The molecule has 0 aliphatic carbocycles. The van der Waals surface area contributed by atoms with Crippen molar-refractivity contribution in [3.8, 4) is 11.1 Å². The number of aliphatic carboxylic acids is 1. The first-order chi connectivity index (χ1) is 13.1. The maximum absolute atomic E-state index is 12.8. The molecule has 0 saturated carbocycles. The van der Waals surface area contributed by atoms with E-state index in [1.165, 1.54) is 11.8 Å². The molecule has 2 aromatic rings. The monoisotopic (exact) mass is 404 g/mol. The maximum atomic E-state index is 12.8. The van der Waals surface area contributed by atoms with Crippen LogP contribution in [0.1, 0.15) is 22.3 Å². The van der Waals surface area contributed by atoms with Gasteiger partial charge in [0.05, 0.1) is 6.54 Å². The Hall–Kier alpha value is -2.45. The minimum Gasteiger partial charge on any atom is -0.480 e. The molecule has 1 amide bonds. The van der Waals surface area contributed by atoms with Gasteiger partial charge >= 0.3 is 5.97 Å². The van der Waals surface area contributed by atoms with Gasteiger partial charge in [-0.2, -0.15) is 20.3 Å². The molecule has 8 heteroatoms. The molecule has 1 unspecified atom stereocenters. The van der Waals surface area contributed by atoms with Gasteiger partial charge in [-0.1, -0.05) is 36.4 Å². The number of carbonyl (C=O) groups excluding carboxylic acids is 1. The zero-order valence-corrected chi connectivity index (χ0v) is 16.4. The topological polar surface area (TPSA) is 95.8 Å². The van der Waals surface area contributed by atoms with Gasteiger partial charge in [0, 0.05) is 5.56 Å². The van der Waals surface area contributed by atoms with Gasteiger partial charge in [-0.25, -0.2) is 4.79 Å². The Balaban J connectivity index is 2.37. The summed E-state index contributed by atoms with van der Waals surface area (Å²) < 4.78 is 14.3. The lowest BCUT2D eigenvalue weighted by Crippen LogP contribution is -2.41. The summed E-state index contributed by atoms with van der Waals surface area (Å²) in [6.45, 7) is 0.237. The summed E-state index contributed by atoms with van der Waals surface area (Å²) in [6, 6.07) is 13.6. The van der Waals surface area contributed by atoms with Gasteiger partial charge in [-0.15, -0.1) is 0 Å². The molecule has 0 spiro atoms. The number of benzene rings is 2. The van der Waals surface area contributed by atoms with Gasteiger partial charge < -0.3 is 10.4 Å². The van der Waals surface area contributed by atoms with Crippen LogP contribution in [0.2, 0.25) is 0 Å². The zero-order chi connectivity index (χ0) is 19.6. The minimum absolute atomic E-state index is 0.156. The van der Waals surface area contributed by atoms with E-state index in [0.717, 1.165) is 11.1 Å². The van der Waals surface area contributed by atoms with Crippen molar-refractivity contribution >= 4 is 35.1 Å². The van der Waals surface area contributed by atoms with Crippen LogP contribution in [0.25, 0.3) is 11.1 Å². The van der Waals surface area contributed by atoms with Gasteiger partial charge in [0.2, 0.25) is 0 Å². The fraction of sp³-hybridized carbons (Fsp3) is 0.263. The standard InChI is InChI=1S/C19H20N2O4S2/c1-26-10-9-17(19(23)24)21-18(22)15-8-7-13(12-20-27-25)11-16(15)14-5-3-2-4-6-14/h2-8,11,17H,9-10,12H2,1H3,(H,21,22)(H,23,24). The van der Waals surface area contributed by atoms with Crippen LogP contribution in [-0.2, 0) is 22.8 Å². The van der Waals surface area contributed by atoms with E-state index in [1.54, 1.807) is 12.1 Å². The third-order valence-electron chi connectivity index (χ3n) is 3.93. The molecule has 0 aliphatic rings. The van der Waals surface area contributed by atoms with Crippen molar-refractivity contribution < 1.29 is 18.9 Å². The van der Waals surface area contributed by atoms with Crippen LogP contribution >= 0.6 is 11.8 Å². The summed E-state index contributed by atoms with van der Waals surface area (Å²) in [5.74, 6) is -0.860. The summed E-state index contributed by atoms with van der Waals surface area (Å²) >= 11 is 1.68. The fourth-order valence-corrected chi connectivity index (χ4v) is 3.25. The molecule has 0 saturated heterocycles. The summed E-state index contributed by atoms with van der Waals surface area (Å²) in [6.07, 6.45) is 2.23. The van der Waals surface area contributed by atoms with Crippen molar-refractivity contribution in [2.24, 2.45) is 4.36 Å². The molecule has 0 fully saturated rings. The Bertz CT molecular complexity index is 852. The third-order valence-corrected chi connectivity index (χ3v) is 4.81. The van der Waals surface area contributed by atoms with Crippen molar-refractivity contribution in [3.05, 3.63) is 59.7 Å². The summed E-state index contributed by atoms with van der Waals surface area (Å²) in [4.78, 5) is 24.2. The smallest absolute Gasteiger partial charge is 0.326 e. The first-order valence-electron chi connectivity index (χ1n) is 8.23. The van der Waals surface area contributed by atoms with Gasteiger partial charge in [0.15, 0.2) is 11.5 Å². The van der Waals surface area contributed by atoms with Gasteiger partial charge in [-0.05, 0) is 47.3 Å². The van der Waals surface area contributed by atoms with Crippen molar-refractivity contribution in [1.29, 1.82) is 0 Å². The number of amides is 1. The van der Waals surface area contributed by atoms with Crippen molar-refractivity contribution in [3.63, 3.8) is 0 Å². The Morgan fingerprint density at radius 1 is 1.19 bits per heavy atom. The first kappa shape index (κ1) is 20.9. The van der Waals surface area contributed by atoms with Crippen LogP contribution in [0.15, 0.2) is 52.9 Å². The molecular weight excluding hydrogens is 384 g/mol. The molecule has 0 heterocycles. The largest absolute Gasteiger partial charge is 0.480 e. The lowest BCUT2D eigenvalue weighted by atomic mass is 9.96. The van der Waals surface area contributed by atoms with Crippen LogP contribution in [-0.4, -0.2) is 39.2 Å². The number of nitrogens with one attached hydrogen (secondary N) is 1. The van der Waals surface area contributed by atoms with Crippen molar-refractivity contribution in [2.45, 2.75) is 19.0 Å². The predicted octanol–water partition coefficient (Wildman–Crippen LogP) is 3.19. The highest BCUT2D eigenvalue weighted by molar-refractivity contribution is 7.98. The lowest BCUT2D eigenvalue weighted by Gasteiger charge is -2.16. The zero-order valence-electron chi connectivity index (χ0n) is 14.8. The highest BCUT2D eigenvalue weighted by atomic mass is 32.2. The maximum Gasteiger partial charge on any atom is 0.326 e. The lowest BCUT2D eigenvalue weighted by molar-refractivity contribution is -0.139. The first-order valence-corrected chi connectivity index (χ1v) is 10.3. The number of carboxylic acids is 1. The molecule has 2 rings (SSSR count). The number of thioether (sulfide) groups is 1. The number of nitrogens with zero attached hydrogens (tertiary/aromatic N) is 1. The Morgan fingerprint density at radius 2 is 1.93 bits per heavy atom. The van der Waals surface area contributed by atoms with Gasteiger partial charge in [0.1, 0.15) is 6.04 Å². The van der Waals surface area contributed by atoms with E-state index >= 15 is 0 Å². The van der Waals surface area contributed by atoms with E-state index in [-0.39, 0.29) is 18.0 Å². The summed E-state index contributed by atoms with van der Waals surface area (Å²) in [5, 5.41) is 12.0. The third kappa shape index (κ3) is 6.04. The van der Waals surface area contributed by atoms with Crippen molar-refractivity contribution in [1.82, 2.24) is 5.32 Å². The molecule has 2 N–H and O–H groups in total. The average Bonchev–Trinajstić information content (AvgIpc) is 2.69. The summed E-state index contributed by atoms with van der Waals surface area (Å²) in [5.41, 5.74) is 2.68. The minimum atomic E-state index is -1.05. The highest BCUT2D eigenvalue weighted by Gasteiger charge is 2.22. The fourth-order valence-electron chi connectivity index (χ4n) is 2.57. The second-order valence-corrected chi connectivity index (χ2v) is 7.15. The van der Waals surface area contributed by atoms with E-state index in [4.69, 9.17) is 0 Å². The molecule has 6 nitrogen and oxygen atoms in total. The van der Waals surface area contributed by atoms with E-state index in [1.807, 2.05) is 42.7 Å². The van der Waals surface area contributed by atoms with E-state index < -0.39 is 17.9 Å². The van der Waals surface area contributed by atoms with Crippen LogP contribution in [0.3, 0.4) is 0 Å². The van der Waals surface area contributed by atoms with Crippen LogP contribution < -0.4 is 5.32 Å². The van der Waals surface area contributed by atoms with Crippen molar-refractivity contribution in [2.75, 3.05) is 12.0 Å². The van der Waals surface area contributed by atoms with Gasteiger partial charge in [-0.3, -0.25) is 4.79 Å². The molecule has 1 atom stereocenters. The normalized spacial score (nSPS) is 11.4. The number of hydrogen-bond donors (Lipinski definition) is 2. The summed E-state index contributed by atoms with van der Waals surface area (Å²) in [7, 11) is 0. The quantitative estimate of drug-likeness (QED) is 0.669. The molecule has 2 aromatic carbocycles. The number of rotatable bonds is 9. The van der Waals surface area contributed by atoms with E-state index in [9.17, 15) is 18.9 Å².